The van der Waals surface area contributed by atoms with Gasteiger partial charge in [-0.15, -0.1) is 0 Å². The Morgan fingerprint density at radius 3 is 2.34 bits per heavy atom. The summed E-state index contributed by atoms with van der Waals surface area (Å²) in [5, 5.41) is 5.79. The van der Waals surface area contributed by atoms with Crippen molar-refractivity contribution < 1.29 is 17.9 Å². The molecule has 8 heteroatoms. The van der Waals surface area contributed by atoms with Crippen LogP contribution in [0.5, 0.6) is 5.75 Å². The lowest BCUT2D eigenvalue weighted by Gasteiger charge is -2.11. The van der Waals surface area contributed by atoms with Crippen molar-refractivity contribution in [3.05, 3.63) is 107 Å². The lowest BCUT2D eigenvalue weighted by Crippen LogP contribution is -2.18. The number of hydrogen-bond donors (Lipinski definition) is 1. The fraction of sp³-hybridized carbons (Fsp3) is 0. The van der Waals surface area contributed by atoms with Crippen molar-refractivity contribution in [1.82, 2.24) is 4.83 Å². The smallest absolute Gasteiger partial charge is 0.345 e. The van der Waals surface area contributed by atoms with Gasteiger partial charge in [0.1, 0.15) is 5.75 Å². The van der Waals surface area contributed by atoms with Crippen molar-refractivity contribution in [3.8, 4) is 5.75 Å². The van der Waals surface area contributed by atoms with Crippen LogP contribution in [0.2, 0.25) is 5.02 Å². The van der Waals surface area contributed by atoms with Gasteiger partial charge in [-0.1, -0.05) is 72.3 Å². The summed E-state index contributed by atoms with van der Waals surface area (Å²) in [6.07, 6.45) is 1.32. The van der Waals surface area contributed by atoms with Gasteiger partial charge < -0.3 is 4.74 Å². The molecule has 0 aliphatic rings. The fourth-order valence-corrected chi connectivity index (χ4v) is 4.12. The van der Waals surface area contributed by atoms with Crippen molar-refractivity contribution in [2.24, 2.45) is 5.10 Å². The Morgan fingerprint density at radius 2 is 1.56 bits per heavy atom. The van der Waals surface area contributed by atoms with Gasteiger partial charge in [-0.3, -0.25) is 0 Å². The summed E-state index contributed by atoms with van der Waals surface area (Å²) in [7, 11) is -3.84. The van der Waals surface area contributed by atoms with E-state index in [0.717, 1.165) is 10.8 Å². The van der Waals surface area contributed by atoms with Crippen LogP contribution >= 0.6 is 11.6 Å². The summed E-state index contributed by atoms with van der Waals surface area (Å²) in [5.41, 5.74) is 0.661. The molecule has 0 aliphatic carbocycles. The highest BCUT2D eigenvalue weighted by Crippen LogP contribution is 2.28. The maximum absolute atomic E-state index is 12.7. The second kappa shape index (κ2) is 9.21. The number of ether oxygens (including phenoxy) is 1. The van der Waals surface area contributed by atoms with E-state index in [4.69, 9.17) is 16.3 Å². The number of carbonyl (C=O) groups excluding carboxylic acids is 1. The van der Waals surface area contributed by atoms with Crippen LogP contribution in [-0.4, -0.2) is 20.6 Å². The van der Waals surface area contributed by atoms with Gasteiger partial charge in [-0.25, -0.2) is 9.63 Å². The van der Waals surface area contributed by atoms with E-state index in [9.17, 15) is 13.2 Å². The predicted octanol–water partition coefficient (Wildman–Crippen LogP) is 5.02. The Balaban J connectivity index is 1.69. The number of carbonyl (C=O) groups is 1. The van der Waals surface area contributed by atoms with Crippen LogP contribution in [0.3, 0.4) is 0 Å². The molecule has 0 atom stereocenters. The monoisotopic (exact) mass is 464 g/mol. The molecule has 0 unspecified atom stereocenters. The Labute approximate surface area is 190 Å². The first-order valence-corrected chi connectivity index (χ1v) is 11.4. The summed E-state index contributed by atoms with van der Waals surface area (Å²) in [6.45, 7) is 0. The van der Waals surface area contributed by atoms with Crippen LogP contribution in [0, 0.1) is 0 Å². The molecule has 0 bridgehead atoms. The van der Waals surface area contributed by atoms with Crippen LogP contribution in [0.15, 0.2) is 101 Å². The third-order valence-corrected chi connectivity index (χ3v) is 6.22. The minimum atomic E-state index is -3.84. The highest BCUT2D eigenvalue weighted by molar-refractivity contribution is 7.89. The maximum atomic E-state index is 12.7. The molecule has 1 N–H and O–H groups in total. The van der Waals surface area contributed by atoms with Gasteiger partial charge in [0.25, 0.3) is 10.0 Å². The largest absolute Gasteiger partial charge is 0.422 e. The molecular formula is C24H17ClN2O4S. The average molecular weight is 465 g/mol. The number of sulfonamides is 1. The van der Waals surface area contributed by atoms with Crippen molar-refractivity contribution in [1.29, 1.82) is 0 Å². The van der Waals surface area contributed by atoms with Crippen molar-refractivity contribution in [2.75, 3.05) is 0 Å². The number of fused-ring (bicyclic) bond motifs is 1. The number of nitrogens with zero attached hydrogens (tertiary/aromatic N) is 1. The molecule has 0 spiro atoms. The third-order valence-electron chi connectivity index (χ3n) is 4.65. The van der Waals surface area contributed by atoms with Crippen LogP contribution in [0.25, 0.3) is 10.8 Å². The van der Waals surface area contributed by atoms with Crippen LogP contribution in [0.4, 0.5) is 0 Å². The van der Waals surface area contributed by atoms with Gasteiger partial charge in [0.05, 0.1) is 21.7 Å². The molecule has 0 amide bonds. The normalized spacial score (nSPS) is 11.5. The molecule has 0 aliphatic heterocycles. The van der Waals surface area contributed by atoms with E-state index in [-0.39, 0.29) is 21.2 Å². The minimum Gasteiger partial charge on any atom is -0.422 e. The molecule has 6 nitrogen and oxygen atoms in total. The van der Waals surface area contributed by atoms with Crippen molar-refractivity contribution >= 4 is 44.6 Å². The Kier molecular flexibility index (Phi) is 6.20. The van der Waals surface area contributed by atoms with Gasteiger partial charge in [0.15, 0.2) is 0 Å². The quantitative estimate of drug-likeness (QED) is 0.188. The van der Waals surface area contributed by atoms with Crippen LogP contribution in [0.1, 0.15) is 15.9 Å². The molecule has 160 valence electrons. The number of hydrogen-bond acceptors (Lipinski definition) is 5. The first kappa shape index (κ1) is 21.5. The minimum absolute atomic E-state index is 0.0837. The van der Waals surface area contributed by atoms with E-state index in [1.54, 1.807) is 54.6 Å². The second-order valence-corrected chi connectivity index (χ2v) is 8.80. The van der Waals surface area contributed by atoms with E-state index in [0.29, 0.717) is 5.56 Å². The Hall–Kier alpha value is -3.68. The molecular weight excluding hydrogens is 448 g/mol. The van der Waals surface area contributed by atoms with E-state index in [2.05, 4.69) is 9.93 Å². The highest BCUT2D eigenvalue weighted by atomic mass is 35.5. The molecule has 0 aromatic heterocycles. The molecule has 0 fully saturated rings. The number of benzene rings is 4. The first-order valence-electron chi connectivity index (χ1n) is 9.54. The summed E-state index contributed by atoms with van der Waals surface area (Å²) < 4.78 is 30.5. The topological polar surface area (TPSA) is 84.8 Å². The van der Waals surface area contributed by atoms with E-state index >= 15 is 0 Å². The number of rotatable bonds is 6. The SMILES string of the molecule is O=C(Oc1ccc2ccccc2c1C=NNS(=O)(=O)c1ccccc1)c1ccccc1Cl. The molecule has 0 radical (unpaired) electrons. The zero-order valence-electron chi connectivity index (χ0n) is 16.6. The summed E-state index contributed by atoms with van der Waals surface area (Å²) in [6, 6.07) is 25.3. The van der Waals surface area contributed by atoms with E-state index in [1.807, 2.05) is 24.3 Å². The lowest BCUT2D eigenvalue weighted by molar-refractivity contribution is 0.0735. The van der Waals surface area contributed by atoms with E-state index in [1.165, 1.54) is 18.3 Å². The van der Waals surface area contributed by atoms with Crippen LogP contribution < -0.4 is 9.57 Å². The predicted molar refractivity (Wildman–Crippen MR) is 125 cm³/mol. The lowest BCUT2D eigenvalue weighted by atomic mass is 10.0. The molecule has 32 heavy (non-hydrogen) atoms. The van der Waals surface area contributed by atoms with Gasteiger partial charge >= 0.3 is 5.97 Å². The standard InChI is InChI=1S/C24H17ClN2O4S/c25-22-13-7-6-12-20(22)24(28)31-23-15-14-17-8-4-5-11-19(17)21(23)16-26-27-32(29,30)18-9-2-1-3-10-18/h1-16,27H. The number of nitrogens with one attached hydrogen (secondary N) is 1. The molecule has 0 heterocycles. The van der Waals surface area contributed by atoms with Gasteiger partial charge in [0, 0.05) is 5.56 Å². The second-order valence-electron chi connectivity index (χ2n) is 6.73. The Morgan fingerprint density at radius 1 is 0.875 bits per heavy atom. The molecule has 4 aromatic carbocycles. The fourth-order valence-electron chi connectivity index (χ4n) is 3.09. The molecule has 0 saturated heterocycles. The number of esters is 1. The molecule has 0 saturated carbocycles. The molecule has 4 aromatic rings. The van der Waals surface area contributed by atoms with Crippen LogP contribution in [-0.2, 0) is 10.0 Å². The van der Waals surface area contributed by atoms with Gasteiger partial charge in [0.2, 0.25) is 0 Å². The first-order chi connectivity index (χ1) is 15.5. The van der Waals surface area contributed by atoms with Gasteiger partial charge in [-0.2, -0.15) is 13.5 Å². The summed E-state index contributed by atoms with van der Waals surface area (Å²) in [4.78, 5) is 15.0. The average Bonchev–Trinajstić information content (AvgIpc) is 2.81. The summed E-state index contributed by atoms with van der Waals surface area (Å²) in [5.74, 6) is -0.415. The third kappa shape index (κ3) is 4.64. The number of halogens is 1. The number of hydrazone groups is 1. The maximum Gasteiger partial charge on any atom is 0.345 e. The highest BCUT2D eigenvalue weighted by Gasteiger charge is 2.16. The van der Waals surface area contributed by atoms with Gasteiger partial charge in [-0.05, 0) is 41.1 Å². The van der Waals surface area contributed by atoms with Crippen molar-refractivity contribution in [2.45, 2.75) is 4.90 Å². The van der Waals surface area contributed by atoms with E-state index < -0.39 is 16.0 Å². The van der Waals surface area contributed by atoms with Crippen molar-refractivity contribution in [3.63, 3.8) is 0 Å². The zero-order valence-corrected chi connectivity index (χ0v) is 18.2. The Bertz CT molecular complexity index is 1420. The molecule has 4 rings (SSSR count). The summed E-state index contributed by atoms with van der Waals surface area (Å²) >= 11 is 6.11. The zero-order chi connectivity index (χ0) is 22.6.